The van der Waals surface area contributed by atoms with Crippen LogP contribution in [0.25, 0.3) is 0 Å². The van der Waals surface area contributed by atoms with E-state index in [9.17, 15) is 13.2 Å². The van der Waals surface area contributed by atoms with Gasteiger partial charge in [0.05, 0.1) is 6.54 Å². The van der Waals surface area contributed by atoms with Crippen molar-refractivity contribution in [1.29, 1.82) is 0 Å². The summed E-state index contributed by atoms with van der Waals surface area (Å²) in [5.41, 5.74) is 0. The van der Waals surface area contributed by atoms with Crippen LogP contribution >= 0.6 is 15.9 Å². The first-order valence-electron chi connectivity index (χ1n) is 4.92. The molecule has 0 aliphatic carbocycles. The number of hydrogen-bond donors (Lipinski definition) is 0. The van der Waals surface area contributed by atoms with Crippen molar-refractivity contribution in [2.24, 2.45) is 0 Å². The third-order valence-corrected chi connectivity index (χ3v) is 3.94. The molecule has 82 valence electrons. The van der Waals surface area contributed by atoms with Gasteiger partial charge in [-0.1, -0.05) is 15.9 Å². The molecule has 2 aliphatic heterocycles. The highest BCUT2D eigenvalue weighted by Gasteiger charge is 2.44. The van der Waals surface area contributed by atoms with Crippen molar-refractivity contribution in [2.75, 3.05) is 6.54 Å². The summed E-state index contributed by atoms with van der Waals surface area (Å²) >= 11 is 3.51. The Kier molecular flexibility index (Phi) is 2.81. The molecule has 2 saturated heterocycles. The van der Waals surface area contributed by atoms with Crippen molar-refractivity contribution in [2.45, 2.75) is 48.8 Å². The monoisotopic (exact) mass is 271 g/mol. The highest BCUT2D eigenvalue weighted by atomic mass is 79.9. The fourth-order valence-corrected chi connectivity index (χ4v) is 3.54. The van der Waals surface area contributed by atoms with Crippen LogP contribution in [-0.4, -0.2) is 34.5 Å². The molecule has 2 atom stereocenters. The Balaban J connectivity index is 2.01. The van der Waals surface area contributed by atoms with Crippen LogP contribution in [0.1, 0.15) is 25.7 Å². The lowest BCUT2D eigenvalue weighted by Gasteiger charge is -2.37. The third-order valence-electron chi connectivity index (χ3n) is 3.19. The van der Waals surface area contributed by atoms with Crippen LogP contribution in [0.15, 0.2) is 0 Å². The van der Waals surface area contributed by atoms with Crippen LogP contribution in [0.4, 0.5) is 13.2 Å². The minimum Gasteiger partial charge on any atom is -0.289 e. The molecule has 0 aromatic carbocycles. The molecule has 0 aromatic heterocycles. The van der Waals surface area contributed by atoms with Crippen molar-refractivity contribution in [1.82, 2.24) is 4.90 Å². The predicted octanol–water partition coefficient (Wildman–Crippen LogP) is 2.94. The lowest BCUT2D eigenvalue weighted by atomic mass is 10.0. The van der Waals surface area contributed by atoms with Crippen molar-refractivity contribution in [3.05, 3.63) is 0 Å². The molecule has 0 radical (unpaired) electrons. The van der Waals surface area contributed by atoms with E-state index in [-0.39, 0.29) is 12.1 Å². The van der Waals surface area contributed by atoms with Gasteiger partial charge in [0.25, 0.3) is 0 Å². The molecule has 0 saturated carbocycles. The molecule has 0 N–H and O–H groups in total. The molecule has 2 fully saturated rings. The molecule has 2 aliphatic rings. The first-order chi connectivity index (χ1) is 6.46. The molecule has 0 amide bonds. The molecule has 2 bridgehead atoms. The molecule has 0 spiro atoms. The smallest absolute Gasteiger partial charge is 0.289 e. The summed E-state index contributed by atoms with van der Waals surface area (Å²) in [5.74, 6) is 0. The topological polar surface area (TPSA) is 3.24 Å². The highest BCUT2D eigenvalue weighted by Crippen LogP contribution is 2.39. The van der Waals surface area contributed by atoms with Gasteiger partial charge in [-0.15, -0.1) is 0 Å². The SMILES string of the molecule is FC(F)(F)CN1C2CCC1CC(Br)C2. The maximum absolute atomic E-state index is 12.3. The molecule has 2 rings (SSSR count). The number of fused-ring (bicyclic) bond motifs is 2. The minimum absolute atomic E-state index is 0.153. The number of rotatable bonds is 1. The van der Waals surface area contributed by atoms with Crippen molar-refractivity contribution in [3.63, 3.8) is 0 Å². The molecular formula is C9H13BrF3N. The second-order valence-electron chi connectivity index (χ2n) is 4.24. The summed E-state index contributed by atoms with van der Waals surface area (Å²) in [6.45, 7) is -0.720. The highest BCUT2D eigenvalue weighted by molar-refractivity contribution is 9.09. The summed E-state index contributed by atoms with van der Waals surface area (Å²) in [4.78, 5) is 2.07. The van der Waals surface area contributed by atoms with E-state index in [1.54, 1.807) is 4.90 Å². The molecular weight excluding hydrogens is 259 g/mol. The van der Waals surface area contributed by atoms with Gasteiger partial charge in [-0.25, -0.2) is 0 Å². The van der Waals surface area contributed by atoms with E-state index < -0.39 is 12.7 Å². The van der Waals surface area contributed by atoms with E-state index in [1.165, 1.54) is 0 Å². The first-order valence-corrected chi connectivity index (χ1v) is 5.84. The number of piperidine rings is 1. The molecule has 2 heterocycles. The molecule has 2 unspecified atom stereocenters. The van der Waals surface area contributed by atoms with Gasteiger partial charge in [-0.05, 0) is 25.7 Å². The summed E-state index contributed by atoms with van der Waals surface area (Å²) in [6.07, 6.45) is -0.440. The zero-order valence-corrected chi connectivity index (χ0v) is 9.31. The van der Waals surface area contributed by atoms with E-state index in [4.69, 9.17) is 0 Å². The largest absolute Gasteiger partial charge is 0.401 e. The van der Waals surface area contributed by atoms with E-state index in [0.29, 0.717) is 4.83 Å². The van der Waals surface area contributed by atoms with Crippen molar-refractivity contribution < 1.29 is 13.2 Å². The van der Waals surface area contributed by atoms with Gasteiger partial charge in [0, 0.05) is 16.9 Å². The van der Waals surface area contributed by atoms with Gasteiger partial charge in [-0.2, -0.15) is 13.2 Å². The molecule has 1 nitrogen and oxygen atoms in total. The number of hydrogen-bond acceptors (Lipinski definition) is 1. The van der Waals surface area contributed by atoms with E-state index in [0.717, 1.165) is 25.7 Å². The van der Waals surface area contributed by atoms with Crippen LogP contribution in [0.3, 0.4) is 0 Å². The summed E-state index contributed by atoms with van der Waals surface area (Å²) in [6, 6.07) is 0.305. The lowest BCUT2D eigenvalue weighted by molar-refractivity contribution is -0.154. The van der Waals surface area contributed by atoms with Crippen LogP contribution in [0.2, 0.25) is 0 Å². The van der Waals surface area contributed by atoms with E-state index >= 15 is 0 Å². The average molecular weight is 272 g/mol. The fourth-order valence-electron chi connectivity index (χ4n) is 2.67. The zero-order chi connectivity index (χ0) is 10.3. The van der Waals surface area contributed by atoms with Gasteiger partial charge in [0.1, 0.15) is 0 Å². The molecule has 14 heavy (non-hydrogen) atoms. The number of alkyl halides is 4. The summed E-state index contributed by atoms with van der Waals surface area (Å²) in [5, 5.41) is 0. The molecule has 5 heteroatoms. The molecule has 0 aromatic rings. The normalized spacial score (nSPS) is 39.0. The maximum Gasteiger partial charge on any atom is 0.401 e. The quantitative estimate of drug-likeness (QED) is 0.663. The Morgan fingerprint density at radius 1 is 1.14 bits per heavy atom. The Morgan fingerprint density at radius 3 is 2.07 bits per heavy atom. The van der Waals surface area contributed by atoms with Gasteiger partial charge >= 0.3 is 6.18 Å². The zero-order valence-electron chi connectivity index (χ0n) is 7.73. The van der Waals surface area contributed by atoms with Gasteiger partial charge < -0.3 is 0 Å². The maximum atomic E-state index is 12.3. The minimum atomic E-state index is -4.04. The van der Waals surface area contributed by atoms with Crippen LogP contribution < -0.4 is 0 Å². The van der Waals surface area contributed by atoms with Crippen LogP contribution in [0, 0.1) is 0 Å². The first kappa shape index (κ1) is 10.7. The number of nitrogens with zero attached hydrogens (tertiary/aromatic N) is 1. The van der Waals surface area contributed by atoms with E-state index in [1.807, 2.05) is 0 Å². The van der Waals surface area contributed by atoms with Gasteiger partial charge in [-0.3, -0.25) is 4.90 Å². The Morgan fingerprint density at radius 2 is 1.64 bits per heavy atom. The fraction of sp³-hybridized carbons (Fsp3) is 1.00. The Labute approximate surface area is 89.8 Å². The van der Waals surface area contributed by atoms with Gasteiger partial charge in [0.2, 0.25) is 0 Å². The second-order valence-corrected chi connectivity index (χ2v) is 5.54. The van der Waals surface area contributed by atoms with Crippen molar-refractivity contribution >= 4 is 15.9 Å². The Bertz CT molecular complexity index is 205. The van der Waals surface area contributed by atoms with Crippen molar-refractivity contribution in [3.8, 4) is 0 Å². The van der Waals surface area contributed by atoms with Crippen LogP contribution in [0.5, 0.6) is 0 Å². The lowest BCUT2D eigenvalue weighted by Crippen LogP contribution is -2.47. The predicted molar refractivity (Wildman–Crippen MR) is 51.5 cm³/mol. The second kappa shape index (κ2) is 3.67. The van der Waals surface area contributed by atoms with Gasteiger partial charge in [0.15, 0.2) is 0 Å². The third kappa shape index (κ3) is 2.24. The Hall–Kier alpha value is 0.230. The van der Waals surface area contributed by atoms with Crippen LogP contribution in [-0.2, 0) is 0 Å². The summed E-state index contributed by atoms with van der Waals surface area (Å²) in [7, 11) is 0. The standard InChI is InChI=1S/C9H13BrF3N/c10-6-3-7-1-2-8(4-6)14(7)5-9(11,12)13/h6-8H,1-5H2. The van der Waals surface area contributed by atoms with E-state index in [2.05, 4.69) is 15.9 Å². The average Bonchev–Trinajstić information content (AvgIpc) is 2.31. The number of halogens is 4. The summed E-state index contributed by atoms with van der Waals surface area (Å²) < 4.78 is 36.8.